The maximum absolute atomic E-state index is 11.1. The Hall–Kier alpha value is -2.83. The van der Waals surface area contributed by atoms with Crippen LogP contribution in [0.15, 0.2) is 33.6 Å². The average Bonchev–Trinajstić information content (AvgIpc) is 2.89. The molecule has 0 saturated carbocycles. The summed E-state index contributed by atoms with van der Waals surface area (Å²) in [5, 5.41) is 13.2. The number of benzene rings is 1. The van der Waals surface area contributed by atoms with E-state index in [9.17, 15) is 9.59 Å². The number of carboxylic acid groups (broad SMARTS) is 1. The van der Waals surface area contributed by atoms with Crippen molar-refractivity contribution in [3.63, 3.8) is 0 Å². The van der Waals surface area contributed by atoms with Gasteiger partial charge in [0, 0.05) is 18.8 Å². The van der Waals surface area contributed by atoms with E-state index in [1.165, 1.54) is 10.9 Å². The molecule has 0 aliphatic carbocycles. The minimum atomic E-state index is -1.06. The highest BCUT2D eigenvalue weighted by Crippen LogP contribution is 2.25. The Morgan fingerprint density at radius 3 is 3.00 bits per heavy atom. The predicted octanol–water partition coefficient (Wildman–Crippen LogP) is 1.22. The summed E-state index contributed by atoms with van der Waals surface area (Å²) in [6.07, 6.45) is 1.43. The molecule has 0 aliphatic heterocycles. The number of aryl methyl sites for hydroxylation is 1. The number of nitrogens with zero attached hydrogens (tertiary/aromatic N) is 2. The van der Waals surface area contributed by atoms with Crippen LogP contribution in [0, 0.1) is 0 Å². The molecule has 2 heterocycles. The van der Waals surface area contributed by atoms with Gasteiger partial charge in [0.05, 0.1) is 5.52 Å². The van der Waals surface area contributed by atoms with Gasteiger partial charge in [0.1, 0.15) is 11.3 Å². The number of rotatable bonds is 2. The number of carboxylic acids is 1. The molecule has 3 rings (SSSR count). The van der Waals surface area contributed by atoms with Crippen LogP contribution in [0.3, 0.4) is 0 Å². The molecule has 0 saturated heterocycles. The first-order valence-corrected chi connectivity index (χ1v) is 5.45. The van der Waals surface area contributed by atoms with Crippen molar-refractivity contribution in [1.82, 2.24) is 14.8 Å². The molecule has 2 N–H and O–H groups in total. The average molecular weight is 259 g/mol. The molecule has 0 amide bonds. The number of H-pyrrole nitrogens is 1. The minimum absolute atomic E-state index is 0.0970. The summed E-state index contributed by atoms with van der Waals surface area (Å²) >= 11 is 0. The third-order valence-corrected chi connectivity index (χ3v) is 2.75. The molecule has 0 unspecified atom stereocenters. The Bertz CT molecular complexity index is 840. The molecule has 2 aromatic heterocycles. The largest absolute Gasteiger partial charge is 0.478 e. The Labute approximate surface area is 106 Å². The summed E-state index contributed by atoms with van der Waals surface area (Å²) in [6.45, 7) is 0. The summed E-state index contributed by atoms with van der Waals surface area (Å²) in [7, 11) is 1.64. The first-order valence-electron chi connectivity index (χ1n) is 5.45. The van der Waals surface area contributed by atoms with Gasteiger partial charge >= 0.3 is 11.7 Å². The van der Waals surface area contributed by atoms with Crippen molar-refractivity contribution in [3.05, 3.63) is 40.5 Å². The van der Waals surface area contributed by atoms with Gasteiger partial charge in [-0.15, -0.1) is 0 Å². The Morgan fingerprint density at radius 1 is 1.47 bits per heavy atom. The van der Waals surface area contributed by atoms with Crippen molar-refractivity contribution in [2.45, 2.75) is 0 Å². The summed E-state index contributed by atoms with van der Waals surface area (Å²) in [6, 6.07) is 4.92. The second-order valence-electron chi connectivity index (χ2n) is 4.10. The van der Waals surface area contributed by atoms with Crippen molar-refractivity contribution in [2.24, 2.45) is 7.05 Å². The fourth-order valence-corrected chi connectivity index (χ4v) is 1.95. The fourth-order valence-electron chi connectivity index (χ4n) is 1.95. The third kappa shape index (κ3) is 1.81. The van der Waals surface area contributed by atoms with Gasteiger partial charge in [-0.25, -0.2) is 9.59 Å². The van der Waals surface area contributed by atoms with E-state index in [1.807, 2.05) is 0 Å². The van der Waals surface area contributed by atoms with Crippen LogP contribution in [-0.2, 0) is 7.05 Å². The van der Waals surface area contributed by atoms with E-state index in [1.54, 1.807) is 25.2 Å². The van der Waals surface area contributed by atoms with Crippen LogP contribution in [0.1, 0.15) is 10.4 Å². The predicted molar refractivity (Wildman–Crippen MR) is 66.0 cm³/mol. The molecular weight excluding hydrogens is 250 g/mol. The summed E-state index contributed by atoms with van der Waals surface area (Å²) in [4.78, 5) is 24.7. The van der Waals surface area contributed by atoms with Gasteiger partial charge in [0.15, 0.2) is 5.58 Å². The number of hydrogen-bond donors (Lipinski definition) is 2. The molecule has 3 aromatic rings. The smallest absolute Gasteiger partial charge is 0.417 e. The monoisotopic (exact) mass is 259 g/mol. The SMILES string of the molecule is Cn1cc(C(=O)O)c(-c2ccc3[nH]c(=O)oc3c2)n1. The van der Waals surface area contributed by atoms with E-state index in [0.717, 1.165) is 0 Å². The topological polar surface area (TPSA) is 101 Å². The summed E-state index contributed by atoms with van der Waals surface area (Å²) in [5.74, 6) is -1.61. The van der Waals surface area contributed by atoms with Gasteiger partial charge in [-0.05, 0) is 12.1 Å². The molecule has 0 atom stereocenters. The molecule has 0 aliphatic rings. The number of carbonyl (C=O) groups is 1. The number of aromatic carboxylic acids is 1. The molecule has 7 heteroatoms. The van der Waals surface area contributed by atoms with E-state index in [4.69, 9.17) is 9.52 Å². The summed E-state index contributed by atoms with van der Waals surface area (Å²) in [5.41, 5.74) is 1.93. The van der Waals surface area contributed by atoms with Crippen LogP contribution in [-0.4, -0.2) is 25.8 Å². The third-order valence-electron chi connectivity index (χ3n) is 2.75. The Balaban J connectivity index is 2.23. The lowest BCUT2D eigenvalue weighted by Gasteiger charge is -1.98. The quantitative estimate of drug-likeness (QED) is 0.720. The fraction of sp³-hybridized carbons (Fsp3) is 0.0833. The van der Waals surface area contributed by atoms with Crippen molar-refractivity contribution in [1.29, 1.82) is 0 Å². The van der Waals surface area contributed by atoms with E-state index in [-0.39, 0.29) is 5.56 Å². The van der Waals surface area contributed by atoms with E-state index in [2.05, 4.69) is 10.1 Å². The van der Waals surface area contributed by atoms with Crippen molar-refractivity contribution in [3.8, 4) is 11.3 Å². The maximum Gasteiger partial charge on any atom is 0.417 e. The number of fused-ring (bicyclic) bond motifs is 1. The number of aromatic amines is 1. The highest BCUT2D eigenvalue weighted by atomic mass is 16.4. The Kier molecular flexibility index (Phi) is 2.28. The zero-order valence-corrected chi connectivity index (χ0v) is 9.88. The van der Waals surface area contributed by atoms with Crippen LogP contribution < -0.4 is 5.76 Å². The van der Waals surface area contributed by atoms with Gasteiger partial charge in [-0.2, -0.15) is 5.10 Å². The summed E-state index contributed by atoms with van der Waals surface area (Å²) < 4.78 is 6.37. The lowest BCUT2D eigenvalue weighted by molar-refractivity contribution is 0.0697. The standard InChI is InChI=1S/C12H9N3O4/c1-15-5-7(11(16)17)10(14-15)6-2-3-8-9(4-6)19-12(18)13-8/h2-5H,1H3,(H,13,18)(H,16,17). The number of aromatic nitrogens is 3. The zero-order chi connectivity index (χ0) is 13.6. The number of oxazole rings is 1. The van der Waals surface area contributed by atoms with Gasteiger partial charge in [-0.3, -0.25) is 9.67 Å². The van der Waals surface area contributed by atoms with Gasteiger partial charge in [-0.1, -0.05) is 6.07 Å². The second-order valence-corrected chi connectivity index (χ2v) is 4.10. The van der Waals surface area contributed by atoms with Crippen LogP contribution in [0.2, 0.25) is 0 Å². The van der Waals surface area contributed by atoms with E-state index >= 15 is 0 Å². The van der Waals surface area contributed by atoms with E-state index < -0.39 is 11.7 Å². The van der Waals surface area contributed by atoms with Gasteiger partial charge in [0.2, 0.25) is 0 Å². The lowest BCUT2D eigenvalue weighted by Crippen LogP contribution is -1.96. The van der Waals surface area contributed by atoms with Crippen molar-refractivity contribution < 1.29 is 14.3 Å². The van der Waals surface area contributed by atoms with Crippen molar-refractivity contribution >= 4 is 17.1 Å². The Morgan fingerprint density at radius 2 is 2.26 bits per heavy atom. The molecule has 0 fully saturated rings. The van der Waals surface area contributed by atoms with Crippen LogP contribution in [0.25, 0.3) is 22.4 Å². The lowest BCUT2D eigenvalue weighted by atomic mass is 10.1. The molecule has 7 nitrogen and oxygen atoms in total. The van der Waals surface area contributed by atoms with Crippen molar-refractivity contribution in [2.75, 3.05) is 0 Å². The second kappa shape index (κ2) is 3.84. The molecular formula is C12H9N3O4. The van der Waals surface area contributed by atoms with Crippen LogP contribution >= 0.6 is 0 Å². The molecule has 0 bridgehead atoms. The first-order chi connectivity index (χ1) is 9.04. The zero-order valence-electron chi connectivity index (χ0n) is 9.88. The highest BCUT2D eigenvalue weighted by molar-refractivity contribution is 5.95. The minimum Gasteiger partial charge on any atom is -0.478 e. The molecule has 96 valence electrons. The number of nitrogens with one attached hydrogen (secondary N) is 1. The molecule has 0 radical (unpaired) electrons. The van der Waals surface area contributed by atoms with Gasteiger partial charge in [0.25, 0.3) is 0 Å². The normalized spacial score (nSPS) is 11.0. The molecule has 19 heavy (non-hydrogen) atoms. The maximum atomic E-state index is 11.1. The molecule has 0 spiro atoms. The first kappa shape index (κ1) is 11.3. The highest BCUT2D eigenvalue weighted by Gasteiger charge is 2.17. The van der Waals surface area contributed by atoms with Gasteiger partial charge < -0.3 is 9.52 Å². The number of hydrogen-bond acceptors (Lipinski definition) is 4. The van der Waals surface area contributed by atoms with Crippen LogP contribution in [0.5, 0.6) is 0 Å². The van der Waals surface area contributed by atoms with E-state index in [0.29, 0.717) is 22.4 Å². The molecule has 1 aromatic carbocycles. The van der Waals surface area contributed by atoms with Crippen LogP contribution in [0.4, 0.5) is 0 Å².